The maximum Gasteiger partial charge on any atom is 0.416 e. The highest BCUT2D eigenvalue weighted by atomic mass is 19.4. The molecule has 0 saturated heterocycles. The zero-order chi connectivity index (χ0) is 27.6. The number of methoxy groups -OCH3 is 1. The van der Waals surface area contributed by atoms with Crippen molar-refractivity contribution in [3.8, 4) is 6.07 Å². The normalized spacial score (nSPS) is 18.8. The highest BCUT2D eigenvalue weighted by molar-refractivity contribution is 6.06. The van der Waals surface area contributed by atoms with Gasteiger partial charge < -0.3 is 14.3 Å². The third kappa shape index (κ3) is 4.59. The molecule has 2 aromatic rings. The lowest BCUT2D eigenvalue weighted by molar-refractivity contribution is -0.138. The number of carbonyl (C=O) groups is 2. The van der Waals surface area contributed by atoms with E-state index in [0.717, 1.165) is 12.1 Å². The van der Waals surface area contributed by atoms with E-state index in [1.54, 1.807) is 25.1 Å². The van der Waals surface area contributed by atoms with E-state index in [0.29, 0.717) is 23.0 Å². The Morgan fingerprint density at radius 3 is 2.68 bits per heavy atom. The van der Waals surface area contributed by atoms with Gasteiger partial charge in [0.05, 0.1) is 35.9 Å². The third-order valence-electron chi connectivity index (χ3n) is 6.12. The van der Waals surface area contributed by atoms with Gasteiger partial charge in [0.2, 0.25) is 12.3 Å². The van der Waals surface area contributed by atoms with Crippen molar-refractivity contribution in [3.05, 3.63) is 82.6 Å². The Labute approximate surface area is 216 Å². The van der Waals surface area contributed by atoms with Gasteiger partial charge in [-0.2, -0.15) is 18.4 Å². The molecule has 0 fully saturated rings. The van der Waals surface area contributed by atoms with Crippen molar-refractivity contribution in [2.45, 2.75) is 25.5 Å². The summed E-state index contributed by atoms with van der Waals surface area (Å²) in [6, 6.07) is 10.5. The number of nitrogens with one attached hydrogen (secondary N) is 1. The largest absolute Gasteiger partial charge is 0.466 e. The third-order valence-corrected chi connectivity index (χ3v) is 6.12. The molecule has 0 spiro atoms. The number of nitrogens with zero attached hydrogens (tertiary/aromatic N) is 4. The standard InChI is InChI=1S/C26H22F3N5O4/c1-4-17-12-16(14-30)8-9-20(17)22-21(23(36)37-3)15(2)33(19-7-5-6-18(13-19)26(27,28)29)24-31-32-25(34(22)24)38-11-10-35/h4-10,12-13,22,25,32H,1,11H2,2-3H3/t22?,25-/m0/s1. The predicted molar refractivity (Wildman–Crippen MR) is 131 cm³/mol. The van der Waals surface area contributed by atoms with Crippen LogP contribution in [-0.2, 0) is 25.2 Å². The maximum atomic E-state index is 13.5. The van der Waals surface area contributed by atoms with E-state index in [4.69, 9.17) is 9.47 Å². The van der Waals surface area contributed by atoms with Crippen molar-refractivity contribution in [3.63, 3.8) is 0 Å². The van der Waals surface area contributed by atoms with Crippen LogP contribution in [0.3, 0.4) is 0 Å². The van der Waals surface area contributed by atoms with Crippen LogP contribution in [0.2, 0.25) is 0 Å². The molecule has 2 aromatic carbocycles. The van der Waals surface area contributed by atoms with Crippen LogP contribution in [0, 0.1) is 11.3 Å². The fraction of sp³-hybridized carbons (Fsp3) is 0.231. The second kappa shape index (κ2) is 10.4. The zero-order valence-electron chi connectivity index (χ0n) is 20.3. The summed E-state index contributed by atoms with van der Waals surface area (Å²) in [5.41, 5.74) is 3.69. The van der Waals surface area contributed by atoms with Gasteiger partial charge in [0.1, 0.15) is 12.9 Å². The number of allylic oxidation sites excluding steroid dienone is 1. The van der Waals surface area contributed by atoms with Gasteiger partial charge in [0, 0.05) is 11.4 Å². The average Bonchev–Trinajstić information content (AvgIpc) is 3.33. The number of rotatable bonds is 7. The average molecular weight is 525 g/mol. The van der Waals surface area contributed by atoms with Crippen LogP contribution in [0.25, 0.3) is 6.08 Å². The number of hydrogen-bond acceptors (Lipinski definition) is 9. The van der Waals surface area contributed by atoms with Crippen molar-refractivity contribution in [1.82, 2.24) is 10.3 Å². The first-order valence-electron chi connectivity index (χ1n) is 11.3. The predicted octanol–water partition coefficient (Wildman–Crippen LogP) is 3.90. The maximum absolute atomic E-state index is 13.5. The van der Waals surface area contributed by atoms with Gasteiger partial charge in [0.25, 0.3) is 0 Å². The van der Waals surface area contributed by atoms with Crippen molar-refractivity contribution in [2.75, 3.05) is 18.6 Å². The molecule has 4 rings (SSSR count). The summed E-state index contributed by atoms with van der Waals surface area (Å²) in [7, 11) is 1.19. The van der Waals surface area contributed by atoms with Gasteiger partial charge in [-0.25, -0.2) is 4.79 Å². The van der Waals surface area contributed by atoms with Gasteiger partial charge in [-0.1, -0.05) is 24.8 Å². The quantitative estimate of drug-likeness (QED) is 0.429. The molecule has 38 heavy (non-hydrogen) atoms. The first-order valence-corrected chi connectivity index (χ1v) is 11.3. The Morgan fingerprint density at radius 2 is 2.05 bits per heavy atom. The molecule has 2 aliphatic rings. The number of guanidine groups is 1. The number of benzene rings is 2. The Morgan fingerprint density at radius 1 is 1.29 bits per heavy atom. The molecule has 0 aromatic heterocycles. The summed E-state index contributed by atoms with van der Waals surface area (Å²) >= 11 is 0. The van der Waals surface area contributed by atoms with Gasteiger partial charge in [-0.3, -0.25) is 15.2 Å². The molecule has 2 aliphatic heterocycles. The van der Waals surface area contributed by atoms with E-state index in [2.05, 4.69) is 17.1 Å². The molecule has 196 valence electrons. The summed E-state index contributed by atoms with van der Waals surface area (Å²) in [6.07, 6.45) is -3.64. The van der Waals surface area contributed by atoms with E-state index in [-0.39, 0.29) is 29.5 Å². The first kappa shape index (κ1) is 26.4. The fourth-order valence-corrected chi connectivity index (χ4v) is 4.48. The number of hydrazone groups is 1. The number of aldehydes is 1. The SMILES string of the molecule is C=Cc1cc(C#N)ccc1C1C(C(=O)OC)=C(C)N(c2cccc(C(F)(F)F)c2)C2=NN[C@H](OCC=O)N21. The van der Waals surface area contributed by atoms with Gasteiger partial charge in [-0.15, -0.1) is 5.10 Å². The monoisotopic (exact) mass is 525 g/mol. The van der Waals surface area contributed by atoms with Gasteiger partial charge in [0.15, 0.2) is 0 Å². The van der Waals surface area contributed by atoms with Crippen molar-refractivity contribution < 1.29 is 32.2 Å². The zero-order valence-corrected chi connectivity index (χ0v) is 20.3. The Kier molecular flexibility index (Phi) is 7.23. The second-order valence-electron chi connectivity index (χ2n) is 8.24. The number of nitriles is 1. The molecular weight excluding hydrogens is 503 g/mol. The lowest BCUT2D eigenvalue weighted by Gasteiger charge is -2.44. The minimum Gasteiger partial charge on any atom is -0.466 e. The molecule has 1 N–H and O–H groups in total. The number of esters is 1. The number of fused-ring (bicyclic) bond motifs is 1. The molecule has 0 amide bonds. The molecule has 0 bridgehead atoms. The first-order chi connectivity index (χ1) is 18.2. The molecule has 2 atom stereocenters. The number of anilines is 1. The second-order valence-corrected chi connectivity index (χ2v) is 8.24. The Bertz CT molecular complexity index is 1400. The summed E-state index contributed by atoms with van der Waals surface area (Å²) in [5.74, 6) is -0.626. The van der Waals surface area contributed by atoms with Crippen LogP contribution in [0.15, 0.2) is 65.4 Å². The molecule has 0 saturated carbocycles. The number of carbonyl (C=O) groups excluding carboxylic acids is 2. The lowest BCUT2D eigenvalue weighted by atomic mass is 9.89. The molecule has 12 heteroatoms. The smallest absolute Gasteiger partial charge is 0.416 e. The minimum absolute atomic E-state index is 0.0834. The molecule has 2 heterocycles. The molecular formula is C26H22F3N5O4. The van der Waals surface area contributed by atoms with Gasteiger partial charge >= 0.3 is 12.1 Å². The summed E-state index contributed by atoms with van der Waals surface area (Å²) in [4.78, 5) is 27.2. The molecule has 9 nitrogen and oxygen atoms in total. The van der Waals surface area contributed by atoms with Crippen LogP contribution in [-0.4, -0.2) is 43.2 Å². The number of hydrogen-bond donors (Lipinski definition) is 1. The number of ether oxygens (including phenoxy) is 2. The number of halogens is 3. The van der Waals surface area contributed by atoms with Crippen molar-refractivity contribution >= 4 is 30.0 Å². The Balaban J connectivity index is 2.00. The molecule has 0 aliphatic carbocycles. The van der Waals surface area contributed by atoms with Crippen molar-refractivity contribution in [1.29, 1.82) is 5.26 Å². The Hall–Kier alpha value is -4.63. The topological polar surface area (TPSA) is 107 Å². The van der Waals surface area contributed by atoms with Crippen LogP contribution in [0.4, 0.5) is 18.9 Å². The highest BCUT2D eigenvalue weighted by Crippen LogP contribution is 2.44. The van der Waals surface area contributed by atoms with Crippen LogP contribution in [0.1, 0.15) is 35.2 Å². The van der Waals surface area contributed by atoms with Crippen molar-refractivity contribution in [2.24, 2.45) is 5.10 Å². The molecule has 0 radical (unpaired) electrons. The highest BCUT2D eigenvalue weighted by Gasteiger charge is 2.48. The van der Waals surface area contributed by atoms with E-state index < -0.39 is 30.1 Å². The van der Waals surface area contributed by atoms with E-state index >= 15 is 0 Å². The summed E-state index contributed by atoms with van der Waals surface area (Å²) in [5, 5.41) is 13.7. The van der Waals surface area contributed by atoms with E-state index in [1.807, 2.05) is 6.07 Å². The number of alkyl halides is 3. The molecule has 1 unspecified atom stereocenters. The summed E-state index contributed by atoms with van der Waals surface area (Å²) < 4.78 is 51.4. The van der Waals surface area contributed by atoms with Crippen LogP contribution >= 0.6 is 0 Å². The lowest BCUT2D eigenvalue weighted by Crippen LogP contribution is -2.54. The summed E-state index contributed by atoms with van der Waals surface area (Å²) in [6.45, 7) is 5.06. The fourth-order valence-electron chi connectivity index (χ4n) is 4.48. The van der Waals surface area contributed by atoms with Crippen LogP contribution < -0.4 is 10.3 Å². The van der Waals surface area contributed by atoms with Crippen LogP contribution in [0.5, 0.6) is 0 Å². The van der Waals surface area contributed by atoms with E-state index in [9.17, 15) is 28.0 Å². The van der Waals surface area contributed by atoms with Gasteiger partial charge in [-0.05, 0) is 48.4 Å². The van der Waals surface area contributed by atoms with E-state index in [1.165, 1.54) is 35.1 Å². The minimum atomic E-state index is -4.61.